The highest BCUT2D eigenvalue weighted by Gasteiger charge is 2.26. The number of carbonyl (C=O) groups is 2. The van der Waals surface area contributed by atoms with Crippen LogP contribution in [-0.4, -0.2) is 24.1 Å². The predicted molar refractivity (Wildman–Crippen MR) is 80.8 cm³/mol. The van der Waals surface area contributed by atoms with Gasteiger partial charge in [-0.25, -0.2) is 5.43 Å². The van der Waals surface area contributed by atoms with Gasteiger partial charge in [0.15, 0.2) is 0 Å². The molecule has 0 aliphatic heterocycles. The molecule has 0 radical (unpaired) electrons. The normalized spacial score (nSPS) is 14.3. The highest BCUT2D eigenvalue weighted by Crippen LogP contribution is 2.18. The topological polar surface area (TPSA) is 70.6 Å². The molecule has 2 aromatic carbocycles. The minimum atomic E-state index is -0.737. The Balaban J connectivity index is 1.61. The summed E-state index contributed by atoms with van der Waals surface area (Å²) >= 11 is 0. The molecule has 2 aromatic rings. The molecule has 0 unspecified atom stereocenters. The zero-order chi connectivity index (χ0) is 14.7. The molecule has 1 fully saturated rings. The Morgan fingerprint density at radius 1 is 1.05 bits per heavy atom. The Labute approximate surface area is 122 Å². The van der Waals surface area contributed by atoms with E-state index in [0.717, 1.165) is 29.2 Å². The number of rotatable bonds is 3. The first-order valence-corrected chi connectivity index (χ1v) is 6.85. The minimum absolute atomic E-state index is 0.160. The molecule has 0 saturated heterocycles. The van der Waals surface area contributed by atoms with Gasteiger partial charge in [0, 0.05) is 6.04 Å². The van der Waals surface area contributed by atoms with Crippen LogP contribution in [0, 0.1) is 0 Å². The first-order valence-electron chi connectivity index (χ1n) is 6.85. The van der Waals surface area contributed by atoms with Gasteiger partial charge in [-0.2, -0.15) is 5.10 Å². The Morgan fingerprint density at radius 3 is 2.57 bits per heavy atom. The van der Waals surface area contributed by atoms with Crippen LogP contribution in [0.3, 0.4) is 0 Å². The molecule has 0 heterocycles. The van der Waals surface area contributed by atoms with Crippen LogP contribution < -0.4 is 10.7 Å². The second-order valence-corrected chi connectivity index (χ2v) is 5.05. The van der Waals surface area contributed by atoms with Crippen molar-refractivity contribution in [3.8, 4) is 0 Å². The molecule has 2 N–H and O–H groups in total. The standard InChI is InChI=1S/C16H15N3O2/c20-15(18-14-7-8-14)16(21)19-17-10-11-5-6-12-3-1-2-4-13(12)9-11/h1-6,9-10,14H,7-8H2,(H,18,20)(H,19,21)/b17-10-. The van der Waals surface area contributed by atoms with E-state index < -0.39 is 11.8 Å². The van der Waals surface area contributed by atoms with Crippen molar-refractivity contribution in [3.05, 3.63) is 48.0 Å². The summed E-state index contributed by atoms with van der Waals surface area (Å²) < 4.78 is 0. The predicted octanol–water partition coefficient (Wildman–Crippen LogP) is 1.57. The van der Waals surface area contributed by atoms with E-state index in [2.05, 4.69) is 15.8 Å². The molecule has 1 aliphatic carbocycles. The van der Waals surface area contributed by atoms with Crippen LogP contribution in [-0.2, 0) is 9.59 Å². The molecule has 0 aromatic heterocycles. The number of nitrogens with one attached hydrogen (secondary N) is 2. The summed E-state index contributed by atoms with van der Waals surface area (Å²) in [6, 6.07) is 14.0. The average Bonchev–Trinajstić information content (AvgIpc) is 3.31. The van der Waals surface area contributed by atoms with Crippen LogP contribution in [0.5, 0.6) is 0 Å². The Hall–Kier alpha value is -2.69. The number of nitrogens with zero attached hydrogens (tertiary/aromatic N) is 1. The van der Waals surface area contributed by atoms with Gasteiger partial charge in [0.05, 0.1) is 6.21 Å². The third kappa shape index (κ3) is 3.45. The lowest BCUT2D eigenvalue weighted by molar-refractivity contribution is -0.139. The highest BCUT2D eigenvalue weighted by atomic mass is 16.2. The number of fused-ring (bicyclic) bond motifs is 1. The van der Waals surface area contributed by atoms with Crippen molar-refractivity contribution in [3.63, 3.8) is 0 Å². The van der Waals surface area contributed by atoms with Gasteiger partial charge < -0.3 is 5.32 Å². The third-order valence-electron chi connectivity index (χ3n) is 3.27. The molecular formula is C16H15N3O2. The molecular weight excluding hydrogens is 266 g/mol. The molecule has 21 heavy (non-hydrogen) atoms. The summed E-state index contributed by atoms with van der Waals surface area (Å²) in [5.41, 5.74) is 3.09. The van der Waals surface area contributed by atoms with Crippen LogP contribution in [0.4, 0.5) is 0 Å². The fourth-order valence-electron chi connectivity index (χ4n) is 1.98. The number of hydrogen-bond donors (Lipinski definition) is 2. The van der Waals surface area contributed by atoms with E-state index in [4.69, 9.17) is 0 Å². The lowest BCUT2D eigenvalue weighted by Crippen LogP contribution is -2.38. The summed E-state index contributed by atoms with van der Waals surface area (Å²) in [6.07, 6.45) is 3.41. The second kappa shape index (κ2) is 5.75. The van der Waals surface area contributed by atoms with Gasteiger partial charge in [-0.3, -0.25) is 9.59 Å². The van der Waals surface area contributed by atoms with Crippen molar-refractivity contribution in [1.82, 2.24) is 10.7 Å². The van der Waals surface area contributed by atoms with Gasteiger partial charge in [0.2, 0.25) is 0 Å². The summed E-state index contributed by atoms with van der Waals surface area (Å²) in [5.74, 6) is -1.37. The van der Waals surface area contributed by atoms with Crippen molar-refractivity contribution in [2.45, 2.75) is 18.9 Å². The van der Waals surface area contributed by atoms with Crippen molar-refractivity contribution < 1.29 is 9.59 Å². The van der Waals surface area contributed by atoms with Gasteiger partial charge in [0.1, 0.15) is 0 Å². The molecule has 1 saturated carbocycles. The molecule has 5 heteroatoms. The Morgan fingerprint density at radius 2 is 1.81 bits per heavy atom. The number of carbonyl (C=O) groups excluding carboxylic acids is 2. The van der Waals surface area contributed by atoms with Crippen LogP contribution >= 0.6 is 0 Å². The Kier molecular flexibility index (Phi) is 3.64. The third-order valence-corrected chi connectivity index (χ3v) is 3.27. The van der Waals surface area contributed by atoms with E-state index in [-0.39, 0.29) is 6.04 Å². The summed E-state index contributed by atoms with van der Waals surface area (Å²) in [5, 5.41) is 8.65. The van der Waals surface area contributed by atoms with Gasteiger partial charge in [-0.05, 0) is 35.2 Å². The van der Waals surface area contributed by atoms with E-state index in [0.29, 0.717) is 0 Å². The monoisotopic (exact) mass is 281 g/mol. The summed E-state index contributed by atoms with van der Waals surface area (Å²) in [6.45, 7) is 0. The maximum atomic E-state index is 11.5. The minimum Gasteiger partial charge on any atom is -0.345 e. The average molecular weight is 281 g/mol. The van der Waals surface area contributed by atoms with Crippen molar-refractivity contribution >= 4 is 28.8 Å². The maximum absolute atomic E-state index is 11.5. The molecule has 0 bridgehead atoms. The largest absolute Gasteiger partial charge is 0.345 e. The van der Waals surface area contributed by atoms with E-state index in [1.165, 1.54) is 6.21 Å². The number of benzene rings is 2. The molecule has 2 amide bonds. The molecule has 3 rings (SSSR count). The maximum Gasteiger partial charge on any atom is 0.329 e. The highest BCUT2D eigenvalue weighted by molar-refractivity contribution is 6.35. The van der Waals surface area contributed by atoms with Crippen molar-refractivity contribution in [2.75, 3.05) is 0 Å². The van der Waals surface area contributed by atoms with E-state index >= 15 is 0 Å². The van der Waals surface area contributed by atoms with Crippen LogP contribution in [0.25, 0.3) is 10.8 Å². The summed E-state index contributed by atoms with van der Waals surface area (Å²) in [7, 11) is 0. The van der Waals surface area contributed by atoms with Crippen molar-refractivity contribution in [1.29, 1.82) is 0 Å². The van der Waals surface area contributed by atoms with Crippen molar-refractivity contribution in [2.24, 2.45) is 5.10 Å². The molecule has 5 nitrogen and oxygen atoms in total. The number of hydrazone groups is 1. The van der Waals surface area contributed by atoms with Gasteiger partial charge >= 0.3 is 11.8 Å². The zero-order valence-electron chi connectivity index (χ0n) is 11.4. The molecule has 0 spiro atoms. The van der Waals surface area contributed by atoms with E-state index in [1.807, 2.05) is 42.5 Å². The second-order valence-electron chi connectivity index (χ2n) is 5.05. The first kappa shape index (κ1) is 13.3. The number of hydrogen-bond acceptors (Lipinski definition) is 3. The van der Waals surface area contributed by atoms with Crippen LogP contribution in [0.1, 0.15) is 18.4 Å². The summed E-state index contributed by atoms with van der Waals surface area (Å²) in [4.78, 5) is 22.9. The molecule has 0 atom stereocenters. The SMILES string of the molecule is O=C(N/N=C\c1ccc2ccccc2c1)C(=O)NC1CC1. The fourth-order valence-corrected chi connectivity index (χ4v) is 1.98. The van der Waals surface area contributed by atoms with Crippen LogP contribution in [0.2, 0.25) is 0 Å². The zero-order valence-corrected chi connectivity index (χ0v) is 11.4. The molecule has 1 aliphatic rings. The van der Waals surface area contributed by atoms with Gasteiger partial charge in [0.25, 0.3) is 0 Å². The lowest BCUT2D eigenvalue weighted by Gasteiger charge is -2.01. The first-order chi connectivity index (χ1) is 10.2. The van der Waals surface area contributed by atoms with Gasteiger partial charge in [-0.15, -0.1) is 0 Å². The quantitative estimate of drug-likeness (QED) is 0.509. The van der Waals surface area contributed by atoms with Gasteiger partial charge in [-0.1, -0.05) is 36.4 Å². The smallest absolute Gasteiger partial charge is 0.329 e. The molecule has 106 valence electrons. The van der Waals surface area contributed by atoms with E-state index in [1.54, 1.807) is 0 Å². The lowest BCUT2D eigenvalue weighted by atomic mass is 10.1. The Bertz CT molecular complexity index is 720. The van der Waals surface area contributed by atoms with Crippen LogP contribution in [0.15, 0.2) is 47.6 Å². The number of amides is 2. The van der Waals surface area contributed by atoms with E-state index in [9.17, 15) is 9.59 Å². The fraction of sp³-hybridized carbons (Fsp3) is 0.188.